The van der Waals surface area contributed by atoms with E-state index < -0.39 is 0 Å². The molecular weight excluding hydrogens is 184 g/mol. The second kappa shape index (κ2) is 3.09. The summed E-state index contributed by atoms with van der Waals surface area (Å²) in [5, 5.41) is 6.05. The van der Waals surface area contributed by atoms with Crippen molar-refractivity contribution in [1.82, 2.24) is 9.78 Å². The molecule has 1 saturated carbocycles. The van der Waals surface area contributed by atoms with E-state index in [9.17, 15) is 0 Å². The predicted octanol–water partition coefficient (Wildman–Crippen LogP) is 3.49. The molecule has 3 rings (SSSR count). The van der Waals surface area contributed by atoms with Gasteiger partial charge in [-0.15, -0.1) is 0 Å². The van der Waals surface area contributed by atoms with E-state index in [0.717, 1.165) is 5.52 Å². The molecule has 0 atom stereocenters. The Morgan fingerprint density at radius 1 is 1.27 bits per heavy atom. The summed E-state index contributed by atoms with van der Waals surface area (Å²) in [5.41, 5.74) is 2.56. The maximum absolute atomic E-state index is 4.71. The van der Waals surface area contributed by atoms with Crippen LogP contribution in [0.2, 0.25) is 0 Å². The van der Waals surface area contributed by atoms with Crippen LogP contribution in [0.25, 0.3) is 10.9 Å². The zero-order valence-electron chi connectivity index (χ0n) is 9.27. The molecule has 0 spiro atoms. The molecule has 1 fully saturated rings. The first kappa shape index (κ1) is 8.96. The van der Waals surface area contributed by atoms with Crippen LogP contribution in [0.5, 0.6) is 0 Å². The summed E-state index contributed by atoms with van der Waals surface area (Å²) in [6, 6.07) is 9.15. The molecule has 78 valence electrons. The Morgan fingerprint density at radius 2 is 2.00 bits per heavy atom. The number of aromatic nitrogens is 2. The van der Waals surface area contributed by atoms with E-state index >= 15 is 0 Å². The van der Waals surface area contributed by atoms with Gasteiger partial charge in [-0.2, -0.15) is 5.10 Å². The van der Waals surface area contributed by atoms with Crippen molar-refractivity contribution in [2.75, 3.05) is 0 Å². The van der Waals surface area contributed by atoms with Gasteiger partial charge in [-0.05, 0) is 24.8 Å². The van der Waals surface area contributed by atoms with Crippen molar-refractivity contribution < 1.29 is 0 Å². The standard InChI is InChI=1S/C13H16N2/c1-9(2)13-11-5-3-4-6-12(11)14-15(13)10-7-8-10/h3-6,9-10H,7-8H2,1-2H3. The van der Waals surface area contributed by atoms with Crippen molar-refractivity contribution in [3.63, 3.8) is 0 Å². The van der Waals surface area contributed by atoms with Crippen LogP contribution in [0.1, 0.15) is 44.3 Å². The third-order valence-electron chi connectivity index (χ3n) is 3.08. The Morgan fingerprint density at radius 3 is 2.67 bits per heavy atom. The van der Waals surface area contributed by atoms with Crippen LogP contribution in [0.4, 0.5) is 0 Å². The number of benzene rings is 1. The minimum absolute atomic E-state index is 0.554. The fourth-order valence-corrected chi connectivity index (χ4v) is 2.24. The predicted molar refractivity (Wildman–Crippen MR) is 62.1 cm³/mol. The average Bonchev–Trinajstić information content (AvgIpc) is 2.98. The van der Waals surface area contributed by atoms with Crippen molar-refractivity contribution in [3.05, 3.63) is 30.0 Å². The summed E-state index contributed by atoms with van der Waals surface area (Å²) >= 11 is 0. The van der Waals surface area contributed by atoms with Gasteiger partial charge in [0.25, 0.3) is 0 Å². The monoisotopic (exact) mass is 200 g/mol. The van der Waals surface area contributed by atoms with Crippen LogP contribution < -0.4 is 0 Å². The van der Waals surface area contributed by atoms with E-state index in [4.69, 9.17) is 5.10 Å². The summed E-state index contributed by atoms with van der Waals surface area (Å²) in [6.45, 7) is 4.50. The molecule has 1 aromatic heterocycles. The van der Waals surface area contributed by atoms with Crippen LogP contribution in [0, 0.1) is 0 Å². The van der Waals surface area contributed by atoms with E-state index in [1.165, 1.54) is 23.9 Å². The van der Waals surface area contributed by atoms with Crippen molar-refractivity contribution in [2.45, 2.75) is 38.6 Å². The normalized spacial score (nSPS) is 16.5. The number of rotatable bonds is 2. The molecule has 0 unspecified atom stereocenters. The van der Waals surface area contributed by atoms with Crippen molar-refractivity contribution >= 4 is 10.9 Å². The topological polar surface area (TPSA) is 17.8 Å². The van der Waals surface area contributed by atoms with Crippen LogP contribution >= 0.6 is 0 Å². The molecule has 0 amide bonds. The maximum Gasteiger partial charge on any atom is 0.0926 e. The largest absolute Gasteiger partial charge is 0.265 e. The molecule has 0 N–H and O–H groups in total. The van der Waals surface area contributed by atoms with E-state index in [1.54, 1.807) is 0 Å². The molecular formula is C13H16N2. The molecule has 15 heavy (non-hydrogen) atoms. The van der Waals surface area contributed by atoms with E-state index in [2.05, 4.69) is 42.8 Å². The van der Waals surface area contributed by atoms with Gasteiger partial charge in [0, 0.05) is 11.1 Å². The highest BCUT2D eigenvalue weighted by atomic mass is 15.3. The van der Waals surface area contributed by atoms with Gasteiger partial charge in [0.1, 0.15) is 0 Å². The van der Waals surface area contributed by atoms with Gasteiger partial charge >= 0.3 is 0 Å². The smallest absolute Gasteiger partial charge is 0.0926 e. The van der Waals surface area contributed by atoms with Gasteiger partial charge < -0.3 is 0 Å². The Labute approximate surface area is 89.9 Å². The van der Waals surface area contributed by atoms with Crippen LogP contribution in [0.3, 0.4) is 0 Å². The summed E-state index contributed by atoms with van der Waals surface area (Å²) in [4.78, 5) is 0. The number of hydrogen-bond acceptors (Lipinski definition) is 1. The zero-order valence-corrected chi connectivity index (χ0v) is 9.27. The number of nitrogens with zero attached hydrogens (tertiary/aromatic N) is 2. The molecule has 1 heterocycles. The Bertz CT molecular complexity index is 492. The lowest BCUT2D eigenvalue weighted by Crippen LogP contribution is -2.03. The quantitative estimate of drug-likeness (QED) is 0.725. The fourth-order valence-electron chi connectivity index (χ4n) is 2.24. The second-order valence-electron chi connectivity index (χ2n) is 4.73. The van der Waals surface area contributed by atoms with E-state index in [-0.39, 0.29) is 0 Å². The molecule has 1 aromatic carbocycles. The summed E-state index contributed by atoms with van der Waals surface area (Å²) in [7, 11) is 0. The van der Waals surface area contributed by atoms with Crippen LogP contribution in [0.15, 0.2) is 24.3 Å². The average molecular weight is 200 g/mol. The van der Waals surface area contributed by atoms with Crippen LogP contribution in [-0.4, -0.2) is 9.78 Å². The molecule has 0 aliphatic heterocycles. The highest BCUT2D eigenvalue weighted by Crippen LogP contribution is 2.39. The lowest BCUT2D eigenvalue weighted by atomic mass is 10.1. The minimum atomic E-state index is 0.554. The van der Waals surface area contributed by atoms with E-state index in [0.29, 0.717) is 12.0 Å². The first-order valence-electron chi connectivity index (χ1n) is 5.74. The molecule has 0 radical (unpaired) electrons. The SMILES string of the molecule is CC(C)c1c2ccccc2nn1C1CC1. The summed E-state index contributed by atoms with van der Waals surface area (Å²) < 4.78 is 2.26. The highest BCUT2D eigenvalue weighted by Gasteiger charge is 2.28. The number of hydrogen-bond donors (Lipinski definition) is 0. The molecule has 0 bridgehead atoms. The Kier molecular flexibility index (Phi) is 1.84. The first-order chi connectivity index (χ1) is 7.27. The van der Waals surface area contributed by atoms with Crippen molar-refractivity contribution in [2.24, 2.45) is 0 Å². The Balaban J connectivity index is 2.28. The molecule has 1 aliphatic carbocycles. The zero-order chi connectivity index (χ0) is 10.4. The third-order valence-corrected chi connectivity index (χ3v) is 3.08. The molecule has 0 saturated heterocycles. The minimum Gasteiger partial charge on any atom is -0.265 e. The lowest BCUT2D eigenvalue weighted by molar-refractivity contribution is 0.590. The van der Waals surface area contributed by atoms with Gasteiger partial charge in [-0.25, -0.2) is 0 Å². The van der Waals surface area contributed by atoms with Gasteiger partial charge in [0.2, 0.25) is 0 Å². The van der Waals surface area contributed by atoms with Gasteiger partial charge in [0.05, 0.1) is 11.6 Å². The maximum atomic E-state index is 4.71. The first-order valence-corrected chi connectivity index (χ1v) is 5.74. The summed E-state index contributed by atoms with van der Waals surface area (Å²) in [5.74, 6) is 0.554. The van der Waals surface area contributed by atoms with Gasteiger partial charge in [-0.1, -0.05) is 32.0 Å². The van der Waals surface area contributed by atoms with Gasteiger partial charge in [0.15, 0.2) is 0 Å². The second-order valence-corrected chi connectivity index (χ2v) is 4.73. The number of fused-ring (bicyclic) bond motifs is 1. The van der Waals surface area contributed by atoms with Gasteiger partial charge in [-0.3, -0.25) is 4.68 Å². The molecule has 1 aliphatic rings. The summed E-state index contributed by atoms with van der Waals surface area (Å²) in [6.07, 6.45) is 2.60. The molecule has 2 heteroatoms. The lowest BCUT2D eigenvalue weighted by Gasteiger charge is -2.09. The molecule has 2 aromatic rings. The third kappa shape index (κ3) is 1.36. The Hall–Kier alpha value is -1.31. The van der Waals surface area contributed by atoms with Crippen LogP contribution in [-0.2, 0) is 0 Å². The van der Waals surface area contributed by atoms with E-state index in [1.807, 2.05) is 0 Å². The highest BCUT2D eigenvalue weighted by molar-refractivity contribution is 5.82. The molecule has 2 nitrogen and oxygen atoms in total. The van der Waals surface area contributed by atoms with Crippen molar-refractivity contribution in [1.29, 1.82) is 0 Å². The fraction of sp³-hybridized carbons (Fsp3) is 0.462. The van der Waals surface area contributed by atoms with Crippen molar-refractivity contribution in [3.8, 4) is 0 Å².